The van der Waals surface area contributed by atoms with E-state index in [2.05, 4.69) is 39.7 Å². The van der Waals surface area contributed by atoms with Gasteiger partial charge in [0.25, 0.3) is 0 Å². The summed E-state index contributed by atoms with van der Waals surface area (Å²) >= 11 is 0. The summed E-state index contributed by atoms with van der Waals surface area (Å²) in [5, 5.41) is 8.94. The van der Waals surface area contributed by atoms with Gasteiger partial charge in [0.1, 0.15) is 5.82 Å². The fraction of sp³-hybridized carbons (Fsp3) is 0.455. The zero-order valence-corrected chi connectivity index (χ0v) is 16.3. The highest BCUT2D eigenvalue weighted by atomic mass is 16.2. The predicted molar refractivity (Wildman–Crippen MR) is 110 cm³/mol. The van der Waals surface area contributed by atoms with Gasteiger partial charge in [0.2, 0.25) is 0 Å². The largest absolute Gasteiger partial charge is 0.361 e. The van der Waals surface area contributed by atoms with Gasteiger partial charge < -0.3 is 9.88 Å². The average molecular weight is 377 g/mol. The first-order valence-electron chi connectivity index (χ1n) is 10.4. The lowest BCUT2D eigenvalue weighted by Gasteiger charge is -2.24. The number of aromatic amines is 1. The molecule has 5 rings (SSSR count). The summed E-state index contributed by atoms with van der Waals surface area (Å²) in [5.74, 6) is 0.864. The van der Waals surface area contributed by atoms with Crippen molar-refractivity contribution in [2.75, 3.05) is 5.32 Å². The van der Waals surface area contributed by atoms with Crippen molar-refractivity contribution in [3.8, 4) is 0 Å². The summed E-state index contributed by atoms with van der Waals surface area (Å²) in [5.41, 5.74) is 3.32. The number of carbonyl (C=O) groups is 1. The molecule has 2 N–H and O–H groups in total. The topological polar surface area (TPSA) is 66.0 Å². The van der Waals surface area contributed by atoms with Crippen molar-refractivity contribution in [3.05, 3.63) is 47.8 Å². The monoisotopic (exact) mass is 377 g/mol. The molecule has 2 amide bonds. The number of nitrogens with one attached hydrogen (secondary N) is 2. The van der Waals surface area contributed by atoms with Gasteiger partial charge in [0, 0.05) is 29.9 Å². The zero-order valence-electron chi connectivity index (χ0n) is 16.3. The normalized spacial score (nSPS) is 17.3. The van der Waals surface area contributed by atoms with Gasteiger partial charge in [-0.2, -0.15) is 5.10 Å². The number of aromatic nitrogens is 3. The maximum absolute atomic E-state index is 13.2. The second-order valence-electron chi connectivity index (χ2n) is 8.25. The van der Waals surface area contributed by atoms with Crippen molar-refractivity contribution in [2.45, 2.75) is 64.1 Å². The Hall–Kier alpha value is -2.76. The van der Waals surface area contributed by atoms with Crippen LogP contribution in [0.1, 0.15) is 55.7 Å². The van der Waals surface area contributed by atoms with Gasteiger partial charge in [-0.1, -0.05) is 18.9 Å². The van der Waals surface area contributed by atoms with E-state index in [-0.39, 0.29) is 6.03 Å². The first-order valence-corrected chi connectivity index (χ1v) is 10.4. The molecule has 0 atom stereocenters. The van der Waals surface area contributed by atoms with Crippen LogP contribution in [-0.2, 0) is 6.54 Å². The lowest BCUT2D eigenvalue weighted by Crippen LogP contribution is -2.37. The first kappa shape index (κ1) is 17.3. The number of hydrogen-bond donors (Lipinski definition) is 2. The summed E-state index contributed by atoms with van der Waals surface area (Å²) < 4.78 is 2.04. The molecule has 2 aliphatic carbocycles. The number of aryl methyl sites for hydroxylation is 1. The Kier molecular flexibility index (Phi) is 4.34. The van der Waals surface area contributed by atoms with Gasteiger partial charge in [-0.25, -0.2) is 9.48 Å². The van der Waals surface area contributed by atoms with Gasteiger partial charge in [-0.05, 0) is 61.8 Å². The quantitative estimate of drug-likeness (QED) is 0.658. The van der Waals surface area contributed by atoms with Crippen LogP contribution in [0.5, 0.6) is 0 Å². The number of rotatable bonds is 5. The minimum absolute atomic E-state index is 0.0143. The molecule has 6 nitrogen and oxygen atoms in total. The molecule has 6 heteroatoms. The highest BCUT2D eigenvalue weighted by Crippen LogP contribution is 2.34. The molecule has 0 radical (unpaired) electrons. The number of H-pyrrole nitrogens is 1. The van der Waals surface area contributed by atoms with Crippen molar-refractivity contribution >= 4 is 22.8 Å². The number of carbonyl (C=O) groups excluding carboxylic acids is 1. The van der Waals surface area contributed by atoms with Crippen LogP contribution in [0.15, 0.2) is 36.7 Å². The number of amides is 2. The van der Waals surface area contributed by atoms with Crippen molar-refractivity contribution in [3.63, 3.8) is 0 Å². The number of urea groups is 1. The van der Waals surface area contributed by atoms with Gasteiger partial charge >= 0.3 is 6.03 Å². The molecule has 28 heavy (non-hydrogen) atoms. The lowest BCUT2D eigenvalue weighted by atomic mass is 10.1. The number of anilines is 1. The van der Waals surface area contributed by atoms with Crippen molar-refractivity contribution in [2.24, 2.45) is 0 Å². The van der Waals surface area contributed by atoms with E-state index in [9.17, 15) is 4.79 Å². The van der Waals surface area contributed by atoms with Gasteiger partial charge in [0.15, 0.2) is 0 Å². The molecular formula is C22H27N5O. The fourth-order valence-electron chi connectivity index (χ4n) is 4.35. The molecule has 1 aromatic carbocycles. The van der Waals surface area contributed by atoms with E-state index >= 15 is 0 Å². The molecule has 2 heterocycles. The molecule has 2 aliphatic rings. The van der Waals surface area contributed by atoms with E-state index in [1.54, 1.807) is 0 Å². The molecule has 2 saturated carbocycles. The minimum Gasteiger partial charge on any atom is -0.361 e. The van der Waals surface area contributed by atoms with Gasteiger partial charge in [-0.3, -0.25) is 5.32 Å². The second kappa shape index (κ2) is 7.00. The molecule has 3 aromatic rings. The SMILES string of the molecule is Cc1cnn(C2CCCC2)c1NC(=O)N(Cc1ccc2[nH]ccc2c1)C1CC1. The molecule has 2 fully saturated rings. The van der Waals surface area contributed by atoms with Crippen LogP contribution in [0.4, 0.5) is 10.6 Å². The lowest BCUT2D eigenvalue weighted by molar-refractivity contribution is 0.206. The Balaban J connectivity index is 1.36. The summed E-state index contributed by atoms with van der Waals surface area (Å²) in [6, 6.07) is 9.17. The Morgan fingerprint density at radius 1 is 1.25 bits per heavy atom. The Labute approximate surface area is 164 Å². The van der Waals surface area contributed by atoms with E-state index in [0.717, 1.165) is 48.1 Å². The van der Waals surface area contributed by atoms with Crippen LogP contribution >= 0.6 is 0 Å². The zero-order chi connectivity index (χ0) is 19.1. The Morgan fingerprint density at radius 3 is 2.86 bits per heavy atom. The third-order valence-electron chi connectivity index (χ3n) is 6.09. The Morgan fingerprint density at radius 2 is 2.07 bits per heavy atom. The number of hydrogen-bond acceptors (Lipinski definition) is 2. The van der Waals surface area contributed by atoms with Crippen molar-refractivity contribution < 1.29 is 4.79 Å². The summed E-state index contributed by atoms with van der Waals surface area (Å²) in [4.78, 5) is 18.4. The molecule has 0 unspecified atom stereocenters. The van der Waals surface area contributed by atoms with Crippen LogP contribution in [-0.4, -0.2) is 31.7 Å². The minimum atomic E-state index is -0.0143. The van der Waals surface area contributed by atoms with Crippen LogP contribution in [0, 0.1) is 6.92 Å². The van der Waals surface area contributed by atoms with E-state index in [1.165, 1.54) is 18.2 Å². The highest BCUT2D eigenvalue weighted by molar-refractivity contribution is 5.89. The third-order valence-corrected chi connectivity index (χ3v) is 6.09. The molecular weight excluding hydrogens is 350 g/mol. The smallest absolute Gasteiger partial charge is 0.323 e. The molecule has 0 bridgehead atoms. The summed E-state index contributed by atoms with van der Waals surface area (Å²) in [6.07, 6.45) is 10.8. The van der Waals surface area contributed by atoms with Crippen molar-refractivity contribution in [1.82, 2.24) is 19.7 Å². The average Bonchev–Trinajstić information content (AvgIpc) is 3.08. The molecule has 0 spiro atoms. The van der Waals surface area contributed by atoms with Crippen LogP contribution in [0.25, 0.3) is 10.9 Å². The van der Waals surface area contributed by atoms with E-state index in [0.29, 0.717) is 18.6 Å². The van der Waals surface area contributed by atoms with Gasteiger partial charge in [0.05, 0.1) is 12.2 Å². The number of nitrogens with zero attached hydrogens (tertiary/aromatic N) is 3. The third kappa shape index (κ3) is 3.28. The maximum Gasteiger partial charge on any atom is 0.323 e. The first-order chi connectivity index (χ1) is 13.7. The van der Waals surface area contributed by atoms with E-state index < -0.39 is 0 Å². The van der Waals surface area contributed by atoms with Crippen LogP contribution in [0.2, 0.25) is 0 Å². The summed E-state index contributed by atoms with van der Waals surface area (Å²) in [7, 11) is 0. The summed E-state index contributed by atoms with van der Waals surface area (Å²) in [6.45, 7) is 2.66. The molecule has 0 aliphatic heterocycles. The Bertz CT molecular complexity index is 993. The standard InChI is InChI=1S/C22H27N5O/c1-15-13-24-27(19-4-2-3-5-19)21(15)25-22(28)26(18-7-8-18)14-16-6-9-20-17(12-16)10-11-23-20/h6,9-13,18-19,23H,2-5,7-8,14H2,1H3,(H,25,28). The molecule has 146 valence electrons. The molecule has 0 saturated heterocycles. The fourth-order valence-corrected chi connectivity index (χ4v) is 4.35. The van der Waals surface area contributed by atoms with Crippen LogP contribution < -0.4 is 5.32 Å². The highest BCUT2D eigenvalue weighted by Gasteiger charge is 2.33. The maximum atomic E-state index is 13.2. The van der Waals surface area contributed by atoms with E-state index in [1.807, 2.05) is 28.9 Å². The second-order valence-corrected chi connectivity index (χ2v) is 8.25. The predicted octanol–water partition coefficient (Wildman–Crippen LogP) is 4.98. The van der Waals surface area contributed by atoms with E-state index in [4.69, 9.17) is 0 Å². The number of fused-ring (bicyclic) bond motifs is 1. The number of benzene rings is 1. The van der Waals surface area contributed by atoms with Gasteiger partial charge in [-0.15, -0.1) is 0 Å². The molecule has 2 aromatic heterocycles. The van der Waals surface area contributed by atoms with Crippen molar-refractivity contribution in [1.29, 1.82) is 0 Å². The van der Waals surface area contributed by atoms with Crippen LogP contribution in [0.3, 0.4) is 0 Å².